The molecule has 0 amide bonds. The van der Waals surface area contributed by atoms with Gasteiger partial charge in [-0.3, -0.25) is 0 Å². The van der Waals surface area contributed by atoms with Gasteiger partial charge in [-0.2, -0.15) is 0 Å². The van der Waals surface area contributed by atoms with Gasteiger partial charge in [0.1, 0.15) is 5.75 Å². The third-order valence-corrected chi connectivity index (χ3v) is 11.0. The third-order valence-electron chi connectivity index (χ3n) is 5.14. The highest BCUT2D eigenvalue weighted by Crippen LogP contribution is 2.39. The first-order chi connectivity index (χ1) is 12.8. The number of rotatable bonds is 6. The van der Waals surface area contributed by atoms with Crippen LogP contribution in [0.4, 0.5) is 0 Å². The summed E-state index contributed by atoms with van der Waals surface area (Å²) in [6.45, 7) is 10.5. The largest absolute Gasteiger partial charge is 0.543 e. The second kappa shape index (κ2) is 7.69. The lowest BCUT2D eigenvalue weighted by molar-refractivity contribution is 0.0697. The van der Waals surface area contributed by atoms with E-state index in [4.69, 9.17) is 4.43 Å². The van der Waals surface area contributed by atoms with Crippen LogP contribution in [0.15, 0.2) is 47.4 Å². The van der Waals surface area contributed by atoms with Crippen molar-refractivity contribution in [2.75, 3.05) is 7.05 Å². The molecule has 0 atom stereocenters. The molecular weight excluding hydrogens is 394 g/mol. The summed E-state index contributed by atoms with van der Waals surface area (Å²) in [6.07, 6.45) is 0. The number of benzene rings is 2. The van der Waals surface area contributed by atoms with E-state index in [-0.39, 0.29) is 15.5 Å². The number of nitrogens with one attached hydrogen (secondary N) is 1. The summed E-state index contributed by atoms with van der Waals surface area (Å²) in [5, 5.41) is 9.44. The first-order valence-electron chi connectivity index (χ1n) is 8.89. The van der Waals surface area contributed by atoms with Gasteiger partial charge in [-0.25, -0.2) is 17.9 Å². The predicted octanol–water partition coefficient (Wildman–Crippen LogP) is 4.34. The molecule has 6 nitrogen and oxygen atoms in total. The Balaban J connectivity index is 2.69. The minimum absolute atomic E-state index is 0.0140. The Morgan fingerprint density at radius 1 is 1.07 bits per heavy atom. The van der Waals surface area contributed by atoms with Gasteiger partial charge in [-0.1, -0.05) is 39.0 Å². The molecule has 28 heavy (non-hydrogen) atoms. The summed E-state index contributed by atoms with van der Waals surface area (Å²) in [6, 6.07) is 11.1. The van der Waals surface area contributed by atoms with Gasteiger partial charge in [0.2, 0.25) is 18.3 Å². The lowest BCUT2D eigenvalue weighted by Gasteiger charge is -2.36. The van der Waals surface area contributed by atoms with Crippen LogP contribution in [0, 0.1) is 0 Å². The van der Waals surface area contributed by atoms with Gasteiger partial charge in [0.25, 0.3) is 0 Å². The Morgan fingerprint density at radius 2 is 1.68 bits per heavy atom. The van der Waals surface area contributed by atoms with E-state index in [1.165, 1.54) is 19.2 Å². The van der Waals surface area contributed by atoms with E-state index in [1.54, 1.807) is 30.3 Å². The van der Waals surface area contributed by atoms with Crippen LogP contribution >= 0.6 is 0 Å². The molecular formula is C20H27NO5SSi. The SMILES string of the molecule is CNS(=O)(=O)c1cc(O[Si](C)(C)C(C)(C)C)ccc1-c1ccccc1C(=O)O. The Hall–Kier alpha value is -2.16. The number of carboxylic acid groups (broad SMARTS) is 1. The molecule has 0 unspecified atom stereocenters. The van der Waals surface area contributed by atoms with Crippen molar-refractivity contribution in [2.45, 2.75) is 43.8 Å². The van der Waals surface area contributed by atoms with Crippen molar-refractivity contribution in [2.24, 2.45) is 0 Å². The zero-order valence-corrected chi connectivity index (χ0v) is 18.8. The minimum atomic E-state index is -3.84. The summed E-state index contributed by atoms with van der Waals surface area (Å²) in [5.41, 5.74) is 0.686. The molecule has 2 N–H and O–H groups in total. The Labute approximate surface area is 167 Å². The van der Waals surface area contributed by atoms with Crippen LogP contribution in [0.5, 0.6) is 5.75 Å². The first kappa shape index (κ1) is 22.1. The zero-order valence-electron chi connectivity index (χ0n) is 17.0. The lowest BCUT2D eigenvalue weighted by Crippen LogP contribution is -2.43. The van der Waals surface area contributed by atoms with Crippen LogP contribution in [-0.2, 0) is 10.0 Å². The monoisotopic (exact) mass is 421 g/mol. The molecule has 0 aromatic heterocycles. The van der Waals surface area contributed by atoms with E-state index >= 15 is 0 Å². The van der Waals surface area contributed by atoms with E-state index in [0.717, 1.165) is 0 Å². The molecule has 0 fully saturated rings. The predicted molar refractivity (Wildman–Crippen MR) is 113 cm³/mol. The van der Waals surface area contributed by atoms with Crippen molar-refractivity contribution in [3.05, 3.63) is 48.0 Å². The van der Waals surface area contributed by atoms with Crippen LogP contribution in [0.1, 0.15) is 31.1 Å². The molecule has 0 bridgehead atoms. The summed E-state index contributed by atoms with van der Waals surface area (Å²) in [4.78, 5) is 11.6. The first-order valence-corrected chi connectivity index (χ1v) is 13.3. The molecule has 0 saturated heterocycles. The third kappa shape index (κ3) is 4.45. The normalized spacial score (nSPS) is 12.6. The fourth-order valence-electron chi connectivity index (χ4n) is 2.47. The molecule has 2 aromatic rings. The summed E-state index contributed by atoms with van der Waals surface area (Å²) >= 11 is 0. The Kier molecular flexibility index (Phi) is 6.08. The van der Waals surface area contributed by atoms with Gasteiger partial charge in [0, 0.05) is 5.56 Å². The van der Waals surface area contributed by atoms with E-state index in [9.17, 15) is 18.3 Å². The summed E-state index contributed by atoms with van der Waals surface area (Å²) in [5.74, 6) is -0.665. The molecule has 0 aliphatic heterocycles. The highest BCUT2D eigenvalue weighted by Gasteiger charge is 2.39. The molecule has 8 heteroatoms. The number of aromatic carboxylic acids is 1. The van der Waals surface area contributed by atoms with Crippen LogP contribution in [0.2, 0.25) is 18.1 Å². The van der Waals surface area contributed by atoms with Crippen molar-refractivity contribution in [3.8, 4) is 16.9 Å². The van der Waals surface area contributed by atoms with Crippen molar-refractivity contribution in [3.63, 3.8) is 0 Å². The average Bonchev–Trinajstić information content (AvgIpc) is 2.60. The number of carboxylic acids is 1. The van der Waals surface area contributed by atoms with Crippen LogP contribution in [0.25, 0.3) is 11.1 Å². The maximum Gasteiger partial charge on any atom is 0.336 e. The summed E-state index contributed by atoms with van der Waals surface area (Å²) in [7, 11) is -4.69. The average molecular weight is 422 g/mol. The van der Waals surface area contributed by atoms with Crippen molar-refractivity contribution < 1.29 is 22.7 Å². The standard InChI is InChI=1S/C20H27NO5SSi/c1-20(2,3)28(5,6)26-14-11-12-16(18(13-14)27(24,25)21-4)15-9-7-8-10-17(15)19(22)23/h7-13,21H,1-6H3,(H,22,23). The maximum absolute atomic E-state index is 12.7. The molecule has 2 rings (SSSR count). The molecule has 0 heterocycles. The van der Waals surface area contributed by atoms with Crippen LogP contribution < -0.4 is 9.15 Å². The molecule has 0 radical (unpaired) electrons. The Morgan fingerprint density at radius 3 is 2.21 bits per heavy atom. The molecule has 0 saturated carbocycles. The fourth-order valence-corrected chi connectivity index (χ4v) is 4.45. The van der Waals surface area contributed by atoms with Gasteiger partial charge >= 0.3 is 5.97 Å². The van der Waals surface area contributed by atoms with E-state index in [0.29, 0.717) is 16.9 Å². The van der Waals surface area contributed by atoms with E-state index in [2.05, 4.69) is 38.6 Å². The number of carbonyl (C=O) groups is 1. The topological polar surface area (TPSA) is 92.7 Å². The lowest BCUT2D eigenvalue weighted by atomic mass is 9.99. The van der Waals surface area contributed by atoms with Crippen molar-refractivity contribution in [1.29, 1.82) is 0 Å². The second-order valence-corrected chi connectivity index (χ2v) is 14.7. The molecule has 0 aliphatic carbocycles. The number of hydrogen-bond donors (Lipinski definition) is 2. The van der Waals surface area contributed by atoms with Gasteiger partial charge in [0.15, 0.2) is 0 Å². The smallest absolute Gasteiger partial charge is 0.336 e. The van der Waals surface area contributed by atoms with E-state index < -0.39 is 24.3 Å². The molecule has 0 aliphatic rings. The van der Waals surface area contributed by atoms with Crippen molar-refractivity contribution >= 4 is 24.3 Å². The fraction of sp³-hybridized carbons (Fsp3) is 0.350. The number of hydrogen-bond acceptors (Lipinski definition) is 4. The highest BCUT2D eigenvalue weighted by atomic mass is 32.2. The second-order valence-electron chi connectivity index (χ2n) is 8.08. The van der Waals surface area contributed by atoms with Crippen LogP contribution in [0.3, 0.4) is 0 Å². The van der Waals surface area contributed by atoms with Crippen molar-refractivity contribution in [1.82, 2.24) is 4.72 Å². The van der Waals surface area contributed by atoms with Gasteiger partial charge in [-0.15, -0.1) is 0 Å². The minimum Gasteiger partial charge on any atom is -0.543 e. The van der Waals surface area contributed by atoms with Crippen LogP contribution in [-0.4, -0.2) is 34.9 Å². The van der Waals surface area contributed by atoms with Gasteiger partial charge < -0.3 is 9.53 Å². The van der Waals surface area contributed by atoms with Gasteiger partial charge in [-0.05, 0) is 55.0 Å². The molecule has 2 aromatic carbocycles. The zero-order chi connectivity index (χ0) is 21.3. The van der Waals surface area contributed by atoms with Gasteiger partial charge in [0.05, 0.1) is 10.5 Å². The van der Waals surface area contributed by atoms with E-state index in [1.807, 2.05) is 0 Å². The summed E-state index contributed by atoms with van der Waals surface area (Å²) < 4.78 is 33.9. The number of sulfonamides is 1. The highest BCUT2D eigenvalue weighted by molar-refractivity contribution is 7.89. The molecule has 152 valence electrons. The quantitative estimate of drug-likeness (QED) is 0.677. The Bertz CT molecular complexity index is 994. The molecule has 0 spiro atoms. The maximum atomic E-state index is 12.7.